The van der Waals surface area contributed by atoms with Crippen LogP contribution in [0, 0.1) is 5.82 Å². The molecule has 0 amide bonds. The fourth-order valence-corrected chi connectivity index (χ4v) is 1.93. The Morgan fingerprint density at radius 2 is 1.79 bits per heavy atom. The maximum Gasteiger partial charge on any atom is 0.179 e. The van der Waals surface area contributed by atoms with Crippen LogP contribution in [0.25, 0.3) is 22.5 Å². The number of pyridine rings is 1. The molecule has 1 aromatic carbocycles. The van der Waals surface area contributed by atoms with Gasteiger partial charge in [0.1, 0.15) is 5.82 Å². The maximum atomic E-state index is 13.8. The Bertz CT molecular complexity index is 710. The summed E-state index contributed by atoms with van der Waals surface area (Å²) in [6, 6.07) is 9.88. The average Bonchev–Trinajstić information content (AvgIpc) is 2.82. The summed E-state index contributed by atoms with van der Waals surface area (Å²) in [7, 11) is 0. The summed E-state index contributed by atoms with van der Waals surface area (Å²) < 4.78 is 19.0. The molecule has 5 heteroatoms. The molecule has 0 saturated heterocycles. The molecule has 2 heterocycles. The van der Waals surface area contributed by atoms with Crippen LogP contribution < -0.4 is 5.73 Å². The molecule has 0 spiro atoms. The van der Waals surface area contributed by atoms with Crippen molar-refractivity contribution in [2.75, 3.05) is 5.73 Å². The summed E-state index contributed by atoms with van der Waals surface area (Å²) in [5.41, 5.74) is 7.51. The number of aromatic nitrogens is 2. The number of halogens is 1. The van der Waals surface area contributed by atoms with Gasteiger partial charge in [0.05, 0.1) is 11.1 Å². The maximum absolute atomic E-state index is 13.8. The van der Waals surface area contributed by atoms with Gasteiger partial charge in [-0.05, 0) is 29.8 Å². The molecule has 4 nitrogen and oxygen atoms in total. The third-order valence-electron chi connectivity index (χ3n) is 2.81. The van der Waals surface area contributed by atoms with Crippen molar-refractivity contribution < 1.29 is 8.91 Å². The average molecular weight is 255 g/mol. The second kappa shape index (κ2) is 4.53. The van der Waals surface area contributed by atoms with Gasteiger partial charge in [0.2, 0.25) is 0 Å². The monoisotopic (exact) mass is 255 g/mol. The van der Waals surface area contributed by atoms with Crippen molar-refractivity contribution in [1.82, 2.24) is 10.1 Å². The Morgan fingerprint density at radius 3 is 2.53 bits per heavy atom. The number of nitrogens with two attached hydrogens (primary N) is 1. The standard InChI is InChI=1S/C14H10FN3O/c15-11-4-2-1-3-10(11)13-12(14(16)18-19-13)9-5-7-17-8-6-9/h1-8H,(H2,16,18). The first-order valence-electron chi connectivity index (χ1n) is 5.68. The summed E-state index contributed by atoms with van der Waals surface area (Å²) in [4.78, 5) is 3.94. The predicted molar refractivity (Wildman–Crippen MR) is 69.5 cm³/mol. The second-order valence-electron chi connectivity index (χ2n) is 3.99. The van der Waals surface area contributed by atoms with Crippen LogP contribution in [0.3, 0.4) is 0 Å². The van der Waals surface area contributed by atoms with Crippen LogP contribution in [0.15, 0.2) is 53.3 Å². The molecule has 0 fully saturated rings. The second-order valence-corrected chi connectivity index (χ2v) is 3.99. The first-order chi connectivity index (χ1) is 9.27. The van der Waals surface area contributed by atoms with Crippen molar-refractivity contribution in [3.8, 4) is 22.5 Å². The number of benzene rings is 1. The van der Waals surface area contributed by atoms with E-state index in [4.69, 9.17) is 10.3 Å². The minimum Gasteiger partial charge on any atom is -0.380 e. The van der Waals surface area contributed by atoms with E-state index in [0.717, 1.165) is 5.56 Å². The van der Waals surface area contributed by atoms with E-state index in [-0.39, 0.29) is 11.6 Å². The SMILES string of the molecule is Nc1noc(-c2ccccc2F)c1-c1ccncc1. The molecule has 0 radical (unpaired) electrons. The highest BCUT2D eigenvalue weighted by Gasteiger charge is 2.19. The fourth-order valence-electron chi connectivity index (χ4n) is 1.93. The fraction of sp³-hybridized carbons (Fsp3) is 0. The normalized spacial score (nSPS) is 10.6. The Hall–Kier alpha value is -2.69. The molecular formula is C14H10FN3O. The molecule has 0 aliphatic heterocycles. The highest BCUT2D eigenvalue weighted by molar-refractivity contribution is 5.86. The van der Waals surface area contributed by atoms with Crippen molar-refractivity contribution in [1.29, 1.82) is 0 Å². The lowest BCUT2D eigenvalue weighted by atomic mass is 10.0. The molecule has 3 aromatic rings. The zero-order chi connectivity index (χ0) is 13.2. The molecule has 0 saturated carbocycles. The summed E-state index contributed by atoms with van der Waals surface area (Å²) >= 11 is 0. The van der Waals surface area contributed by atoms with Crippen molar-refractivity contribution in [3.63, 3.8) is 0 Å². The molecule has 19 heavy (non-hydrogen) atoms. The summed E-state index contributed by atoms with van der Waals surface area (Å²) in [5.74, 6) is 0.167. The summed E-state index contributed by atoms with van der Waals surface area (Å²) in [6.07, 6.45) is 3.26. The van der Waals surface area contributed by atoms with E-state index in [0.29, 0.717) is 16.9 Å². The quantitative estimate of drug-likeness (QED) is 0.764. The molecule has 3 rings (SSSR count). The highest BCUT2D eigenvalue weighted by atomic mass is 19.1. The van der Waals surface area contributed by atoms with Crippen LogP contribution in [-0.4, -0.2) is 10.1 Å². The van der Waals surface area contributed by atoms with Crippen molar-refractivity contribution in [3.05, 3.63) is 54.6 Å². The van der Waals surface area contributed by atoms with Crippen LogP contribution in [0.1, 0.15) is 0 Å². The van der Waals surface area contributed by atoms with Gasteiger partial charge in [0, 0.05) is 12.4 Å². The Labute approximate surface area is 108 Å². The van der Waals surface area contributed by atoms with E-state index in [1.807, 2.05) is 0 Å². The van der Waals surface area contributed by atoms with Gasteiger partial charge in [0.15, 0.2) is 11.6 Å². The van der Waals surface area contributed by atoms with Gasteiger partial charge >= 0.3 is 0 Å². The van der Waals surface area contributed by atoms with Gasteiger partial charge in [-0.2, -0.15) is 0 Å². The van der Waals surface area contributed by atoms with Crippen LogP contribution in [0.5, 0.6) is 0 Å². The molecule has 0 unspecified atom stereocenters. The molecule has 2 aromatic heterocycles. The van der Waals surface area contributed by atoms with Crippen molar-refractivity contribution in [2.24, 2.45) is 0 Å². The number of hydrogen-bond donors (Lipinski definition) is 1. The Kier molecular flexibility index (Phi) is 2.72. The largest absolute Gasteiger partial charge is 0.380 e. The topological polar surface area (TPSA) is 64.9 Å². The molecule has 2 N–H and O–H groups in total. The number of hydrogen-bond acceptors (Lipinski definition) is 4. The molecule has 94 valence electrons. The summed E-state index contributed by atoms with van der Waals surface area (Å²) in [6.45, 7) is 0. The number of rotatable bonds is 2. The molecule has 0 aliphatic carbocycles. The van der Waals surface area contributed by atoms with E-state index >= 15 is 0 Å². The van der Waals surface area contributed by atoms with Crippen molar-refractivity contribution in [2.45, 2.75) is 0 Å². The van der Waals surface area contributed by atoms with Crippen LogP contribution in [0.2, 0.25) is 0 Å². The lowest BCUT2D eigenvalue weighted by Crippen LogP contribution is -1.90. The van der Waals surface area contributed by atoms with Gasteiger partial charge in [-0.15, -0.1) is 0 Å². The lowest BCUT2D eigenvalue weighted by molar-refractivity contribution is 0.433. The summed E-state index contributed by atoms with van der Waals surface area (Å²) in [5, 5.41) is 3.73. The first kappa shape index (κ1) is 11.4. The third kappa shape index (κ3) is 1.95. The zero-order valence-electron chi connectivity index (χ0n) is 9.88. The van der Waals surface area contributed by atoms with Gasteiger partial charge in [-0.25, -0.2) is 4.39 Å². The van der Waals surface area contributed by atoms with Crippen LogP contribution in [0.4, 0.5) is 10.2 Å². The van der Waals surface area contributed by atoms with Gasteiger partial charge in [0.25, 0.3) is 0 Å². The zero-order valence-corrected chi connectivity index (χ0v) is 9.88. The van der Waals surface area contributed by atoms with Crippen LogP contribution in [-0.2, 0) is 0 Å². The van der Waals surface area contributed by atoms with E-state index in [9.17, 15) is 4.39 Å². The van der Waals surface area contributed by atoms with Gasteiger partial charge in [-0.1, -0.05) is 17.3 Å². The minimum absolute atomic E-state index is 0.226. The number of nitrogens with zero attached hydrogens (tertiary/aromatic N) is 2. The van der Waals surface area contributed by atoms with E-state index < -0.39 is 0 Å². The Balaban J connectivity index is 2.23. The Morgan fingerprint density at radius 1 is 1.05 bits per heavy atom. The van der Waals surface area contributed by atoms with E-state index in [1.54, 1.807) is 42.7 Å². The third-order valence-corrected chi connectivity index (χ3v) is 2.81. The molecule has 0 bridgehead atoms. The molecule has 0 aliphatic rings. The number of nitrogen functional groups attached to an aromatic ring is 1. The van der Waals surface area contributed by atoms with Crippen molar-refractivity contribution >= 4 is 5.82 Å². The van der Waals surface area contributed by atoms with E-state index in [1.165, 1.54) is 6.07 Å². The smallest absolute Gasteiger partial charge is 0.179 e. The molecule has 0 atom stereocenters. The first-order valence-corrected chi connectivity index (χ1v) is 5.68. The predicted octanol–water partition coefficient (Wildman–Crippen LogP) is 3.12. The van der Waals surface area contributed by atoms with Gasteiger partial charge in [-0.3, -0.25) is 4.98 Å². The minimum atomic E-state index is -0.381. The van der Waals surface area contributed by atoms with E-state index in [2.05, 4.69) is 10.1 Å². The highest BCUT2D eigenvalue weighted by Crippen LogP contribution is 2.37. The molecular weight excluding hydrogens is 245 g/mol. The van der Waals surface area contributed by atoms with Gasteiger partial charge < -0.3 is 10.3 Å². The van der Waals surface area contributed by atoms with Crippen LogP contribution >= 0.6 is 0 Å². The number of anilines is 1. The lowest BCUT2D eigenvalue weighted by Gasteiger charge is -2.03.